The van der Waals surface area contributed by atoms with Crippen LogP contribution in [0, 0.1) is 0 Å². The van der Waals surface area contributed by atoms with Crippen LogP contribution < -0.4 is 20.1 Å². The van der Waals surface area contributed by atoms with Gasteiger partial charge in [-0.1, -0.05) is 36.4 Å². The van der Waals surface area contributed by atoms with Crippen molar-refractivity contribution in [1.82, 2.24) is 10.6 Å². The summed E-state index contributed by atoms with van der Waals surface area (Å²) in [4.78, 5) is 25.5. The summed E-state index contributed by atoms with van der Waals surface area (Å²) in [5, 5.41) is 5.62. The van der Waals surface area contributed by atoms with Crippen molar-refractivity contribution in [1.29, 1.82) is 0 Å². The van der Waals surface area contributed by atoms with Crippen LogP contribution in [0.25, 0.3) is 5.70 Å². The molecule has 0 fully saturated rings. The summed E-state index contributed by atoms with van der Waals surface area (Å²) in [5.41, 5.74) is 2.15. The molecule has 0 aliphatic carbocycles. The second-order valence-electron chi connectivity index (χ2n) is 7.21. The molecule has 0 saturated heterocycles. The van der Waals surface area contributed by atoms with Gasteiger partial charge in [0.1, 0.15) is 0 Å². The molecule has 0 bridgehead atoms. The average molecular weight is 424 g/mol. The monoisotopic (exact) mass is 424 g/mol. The third-order valence-corrected chi connectivity index (χ3v) is 4.59. The van der Waals surface area contributed by atoms with Crippen molar-refractivity contribution in [2.45, 2.75) is 39.8 Å². The minimum Gasteiger partial charge on any atom is -0.490 e. The number of carbonyl (C=O) groups is 2. The van der Waals surface area contributed by atoms with Gasteiger partial charge in [0.15, 0.2) is 11.5 Å². The molecule has 2 amide bonds. The Morgan fingerprint density at radius 1 is 1.03 bits per heavy atom. The molecule has 1 atom stereocenters. The molecule has 1 heterocycles. The molecule has 7 heteroatoms. The molecule has 0 aromatic heterocycles. The third-order valence-electron chi connectivity index (χ3n) is 4.59. The number of benzene rings is 2. The largest absolute Gasteiger partial charge is 0.490 e. The Kier molecular flexibility index (Phi) is 7.18. The van der Waals surface area contributed by atoms with Gasteiger partial charge in [-0.3, -0.25) is 0 Å². The summed E-state index contributed by atoms with van der Waals surface area (Å²) in [6.07, 6.45) is -0.0247. The van der Waals surface area contributed by atoms with Gasteiger partial charge in [0.25, 0.3) is 0 Å². The van der Waals surface area contributed by atoms with E-state index in [1.54, 1.807) is 19.1 Å². The summed E-state index contributed by atoms with van der Waals surface area (Å²) in [5.74, 6) is 0.649. The number of esters is 1. The highest BCUT2D eigenvalue weighted by Crippen LogP contribution is 2.37. The molecule has 2 aromatic carbocycles. The Morgan fingerprint density at radius 3 is 2.42 bits per heavy atom. The summed E-state index contributed by atoms with van der Waals surface area (Å²) < 4.78 is 16.9. The van der Waals surface area contributed by atoms with Gasteiger partial charge >= 0.3 is 12.0 Å². The normalized spacial score (nSPS) is 15.9. The molecule has 1 unspecified atom stereocenters. The molecule has 0 radical (unpaired) electrons. The highest BCUT2D eigenvalue weighted by molar-refractivity contribution is 6.04. The first-order chi connectivity index (χ1) is 14.9. The summed E-state index contributed by atoms with van der Waals surface area (Å²) in [6.45, 7) is 8.17. The van der Waals surface area contributed by atoms with Crippen LogP contribution in [0.2, 0.25) is 0 Å². The van der Waals surface area contributed by atoms with Crippen molar-refractivity contribution in [3.63, 3.8) is 0 Å². The van der Waals surface area contributed by atoms with Crippen molar-refractivity contribution in [3.8, 4) is 11.5 Å². The second-order valence-corrected chi connectivity index (χ2v) is 7.21. The van der Waals surface area contributed by atoms with Crippen molar-refractivity contribution < 1.29 is 23.8 Å². The third kappa shape index (κ3) is 5.17. The predicted octanol–water partition coefficient (Wildman–Crippen LogP) is 4.20. The lowest BCUT2D eigenvalue weighted by Crippen LogP contribution is -2.45. The smallest absolute Gasteiger partial charge is 0.338 e. The van der Waals surface area contributed by atoms with E-state index in [4.69, 9.17) is 14.2 Å². The van der Waals surface area contributed by atoms with Gasteiger partial charge in [-0.2, -0.15) is 0 Å². The lowest BCUT2D eigenvalue weighted by Gasteiger charge is -2.30. The van der Waals surface area contributed by atoms with Gasteiger partial charge in [0.2, 0.25) is 0 Å². The van der Waals surface area contributed by atoms with Crippen molar-refractivity contribution in [3.05, 3.63) is 65.2 Å². The molecule has 7 nitrogen and oxygen atoms in total. The molecular weight excluding hydrogens is 396 g/mol. The fourth-order valence-electron chi connectivity index (χ4n) is 3.40. The molecule has 3 rings (SSSR count). The lowest BCUT2D eigenvalue weighted by atomic mass is 9.92. The number of hydrogen-bond acceptors (Lipinski definition) is 5. The zero-order valence-electron chi connectivity index (χ0n) is 18.2. The standard InChI is InChI=1S/C24H28N2O5/c1-5-29-19-14-17(12-13-18(19)31-15(3)4)22-20(23(27)30-6-2)21(25-24(28)26-22)16-10-8-7-9-11-16/h7-15,22H,5-6H2,1-4H3,(H2,25,26,28). The first-order valence-corrected chi connectivity index (χ1v) is 10.4. The molecule has 1 aliphatic heterocycles. The average Bonchev–Trinajstić information content (AvgIpc) is 2.75. The topological polar surface area (TPSA) is 85.9 Å². The number of ether oxygens (including phenoxy) is 3. The maximum Gasteiger partial charge on any atom is 0.338 e. The van der Waals surface area contributed by atoms with Gasteiger partial charge < -0.3 is 24.8 Å². The van der Waals surface area contributed by atoms with Crippen LogP contribution in [0.4, 0.5) is 4.79 Å². The van der Waals surface area contributed by atoms with E-state index in [1.807, 2.05) is 57.2 Å². The maximum absolute atomic E-state index is 13.0. The van der Waals surface area contributed by atoms with Crippen molar-refractivity contribution in [2.75, 3.05) is 13.2 Å². The Bertz CT molecular complexity index is 969. The van der Waals surface area contributed by atoms with E-state index < -0.39 is 18.0 Å². The number of rotatable bonds is 8. The Labute approximate surface area is 182 Å². The Balaban J connectivity index is 2.14. The molecule has 31 heavy (non-hydrogen) atoms. The van der Waals surface area contributed by atoms with Crippen LogP contribution in [0.3, 0.4) is 0 Å². The van der Waals surface area contributed by atoms with E-state index in [0.29, 0.717) is 34.9 Å². The molecule has 1 aliphatic rings. The van der Waals surface area contributed by atoms with Crippen LogP contribution >= 0.6 is 0 Å². The maximum atomic E-state index is 13.0. The van der Waals surface area contributed by atoms with Crippen molar-refractivity contribution in [2.24, 2.45) is 0 Å². The number of carbonyl (C=O) groups excluding carboxylic acids is 2. The zero-order valence-corrected chi connectivity index (χ0v) is 18.2. The first kappa shape index (κ1) is 22.2. The van der Waals surface area contributed by atoms with E-state index in [9.17, 15) is 9.59 Å². The first-order valence-electron chi connectivity index (χ1n) is 10.4. The van der Waals surface area contributed by atoms with Gasteiger partial charge in [-0.05, 0) is 51.0 Å². The number of amides is 2. The molecule has 0 spiro atoms. The zero-order chi connectivity index (χ0) is 22.4. The van der Waals surface area contributed by atoms with Crippen LogP contribution in [0.1, 0.15) is 44.9 Å². The quantitative estimate of drug-likeness (QED) is 0.621. The summed E-state index contributed by atoms with van der Waals surface area (Å²) in [6, 6.07) is 13.5. The number of nitrogens with one attached hydrogen (secondary N) is 2. The van der Waals surface area contributed by atoms with Crippen LogP contribution in [0.5, 0.6) is 11.5 Å². The van der Waals surface area contributed by atoms with Gasteiger partial charge in [0.05, 0.1) is 36.6 Å². The van der Waals surface area contributed by atoms with Crippen LogP contribution in [0.15, 0.2) is 54.1 Å². The van der Waals surface area contributed by atoms with Crippen molar-refractivity contribution >= 4 is 17.7 Å². The fraction of sp³-hybridized carbons (Fsp3) is 0.333. The Morgan fingerprint density at radius 2 is 1.77 bits per heavy atom. The van der Waals surface area contributed by atoms with E-state index >= 15 is 0 Å². The molecular formula is C24H28N2O5. The van der Waals surface area contributed by atoms with Gasteiger partial charge in [-0.15, -0.1) is 0 Å². The SMILES string of the molecule is CCOC(=O)C1=C(c2ccccc2)NC(=O)NC1c1ccc(OC(C)C)c(OCC)c1. The Hall–Kier alpha value is -3.48. The molecule has 0 saturated carbocycles. The lowest BCUT2D eigenvalue weighted by molar-refractivity contribution is -0.138. The minimum atomic E-state index is -0.713. The highest BCUT2D eigenvalue weighted by atomic mass is 16.5. The second kappa shape index (κ2) is 10.0. The fourth-order valence-corrected chi connectivity index (χ4v) is 3.40. The predicted molar refractivity (Wildman–Crippen MR) is 118 cm³/mol. The van der Waals surface area contributed by atoms with E-state index in [2.05, 4.69) is 10.6 Å². The number of hydrogen-bond donors (Lipinski definition) is 2. The van der Waals surface area contributed by atoms with Crippen LogP contribution in [-0.2, 0) is 9.53 Å². The minimum absolute atomic E-state index is 0.0247. The molecule has 2 N–H and O–H groups in total. The number of urea groups is 1. The van der Waals surface area contributed by atoms with Gasteiger partial charge in [-0.25, -0.2) is 9.59 Å². The van der Waals surface area contributed by atoms with Crippen LogP contribution in [-0.4, -0.2) is 31.3 Å². The molecule has 2 aromatic rings. The highest BCUT2D eigenvalue weighted by Gasteiger charge is 2.34. The van der Waals surface area contributed by atoms with Gasteiger partial charge in [0, 0.05) is 0 Å². The van der Waals surface area contributed by atoms with E-state index in [1.165, 1.54) is 0 Å². The summed E-state index contributed by atoms with van der Waals surface area (Å²) >= 11 is 0. The summed E-state index contributed by atoms with van der Waals surface area (Å²) in [7, 11) is 0. The molecule has 164 valence electrons. The van der Waals surface area contributed by atoms with E-state index in [-0.39, 0.29) is 12.7 Å². The van der Waals surface area contributed by atoms with E-state index in [0.717, 1.165) is 5.56 Å².